The van der Waals surface area contributed by atoms with Crippen LogP contribution in [0, 0.1) is 0 Å². The molecule has 8 heteroatoms. The summed E-state index contributed by atoms with van der Waals surface area (Å²) in [5.74, 6) is 0.319. The molecule has 1 aromatic carbocycles. The summed E-state index contributed by atoms with van der Waals surface area (Å²) < 4.78 is 5.47. The lowest BCUT2D eigenvalue weighted by atomic mass is 10.2. The monoisotopic (exact) mass is 346 g/mol. The topological polar surface area (TPSA) is 91.0 Å². The fourth-order valence-electron chi connectivity index (χ4n) is 3.27. The van der Waals surface area contributed by atoms with Gasteiger partial charge in [-0.15, -0.1) is 0 Å². The normalized spacial score (nSPS) is 19.3. The lowest BCUT2D eigenvalue weighted by Crippen LogP contribution is -2.46. The minimum absolute atomic E-state index is 0.0108. The third-order valence-corrected chi connectivity index (χ3v) is 4.53. The number of likely N-dealkylation sites (tertiary alicyclic amines) is 1. The molecule has 0 aromatic heterocycles. The van der Waals surface area contributed by atoms with Crippen LogP contribution in [0.15, 0.2) is 18.2 Å². The smallest absolute Gasteiger partial charge is 0.322 e. The molecule has 3 rings (SSSR count). The first-order valence-electron chi connectivity index (χ1n) is 8.41. The molecule has 0 aliphatic carbocycles. The van der Waals surface area contributed by atoms with Crippen LogP contribution in [0.5, 0.6) is 5.75 Å². The van der Waals surface area contributed by atoms with Gasteiger partial charge in [-0.25, -0.2) is 4.79 Å². The molecule has 2 heterocycles. The first-order valence-corrected chi connectivity index (χ1v) is 8.41. The summed E-state index contributed by atoms with van der Waals surface area (Å²) in [6.45, 7) is 2.99. The summed E-state index contributed by atoms with van der Waals surface area (Å²) >= 11 is 0. The van der Waals surface area contributed by atoms with E-state index in [1.807, 2.05) is 6.92 Å². The number of hydrogen-bond donors (Lipinski definition) is 2. The number of carbonyl (C=O) groups is 3. The Hall–Kier alpha value is -2.77. The molecule has 0 spiro atoms. The molecule has 0 radical (unpaired) electrons. The standard InChI is InChI=1S/C17H22N4O4/c1-3-20-12-7-6-11(9-14(12)25-10-15(20)22)19-17(24)21-8-4-5-13(21)16(23)18-2/h6-7,9,13H,3-5,8,10H2,1-2H3,(H,18,23)(H,19,24). The summed E-state index contributed by atoms with van der Waals surface area (Å²) in [6, 6.07) is 4.43. The van der Waals surface area contributed by atoms with Crippen molar-refractivity contribution in [1.82, 2.24) is 10.2 Å². The number of nitrogens with zero attached hydrogens (tertiary/aromatic N) is 2. The number of benzene rings is 1. The van der Waals surface area contributed by atoms with Crippen LogP contribution < -0.4 is 20.3 Å². The predicted octanol–water partition coefficient (Wildman–Crippen LogP) is 1.17. The SMILES string of the molecule is CCN1C(=O)COc2cc(NC(=O)N3CCCC3C(=O)NC)ccc21. The van der Waals surface area contributed by atoms with Gasteiger partial charge >= 0.3 is 6.03 Å². The molecule has 0 saturated carbocycles. The molecule has 134 valence electrons. The van der Waals surface area contributed by atoms with Crippen LogP contribution in [-0.2, 0) is 9.59 Å². The average molecular weight is 346 g/mol. The first kappa shape index (κ1) is 17.1. The van der Waals surface area contributed by atoms with Crippen molar-refractivity contribution in [2.75, 3.05) is 37.0 Å². The highest BCUT2D eigenvalue weighted by atomic mass is 16.5. The summed E-state index contributed by atoms with van der Waals surface area (Å²) in [5.41, 5.74) is 1.26. The van der Waals surface area contributed by atoms with E-state index in [9.17, 15) is 14.4 Å². The molecule has 4 amide bonds. The Morgan fingerprint density at radius 1 is 1.36 bits per heavy atom. The minimum atomic E-state index is -0.438. The van der Waals surface area contributed by atoms with Crippen LogP contribution >= 0.6 is 0 Å². The van der Waals surface area contributed by atoms with Gasteiger partial charge in [0.25, 0.3) is 5.91 Å². The lowest BCUT2D eigenvalue weighted by molar-refractivity contribution is -0.124. The molecule has 0 bridgehead atoms. The maximum absolute atomic E-state index is 12.5. The second-order valence-corrected chi connectivity index (χ2v) is 6.01. The zero-order chi connectivity index (χ0) is 18.0. The Labute approximate surface area is 146 Å². The lowest BCUT2D eigenvalue weighted by Gasteiger charge is -2.29. The number of anilines is 2. The van der Waals surface area contributed by atoms with Gasteiger partial charge in [-0.3, -0.25) is 9.59 Å². The molecule has 2 aliphatic rings. The molecular weight excluding hydrogens is 324 g/mol. The molecule has 1 atom stereocenters. The number of fused-ring (bicyclic) bond motifs is 1. The molecule has 8 nitrogen and oxygen atoms in total. The zero-order valence-electron chi connectivity index (χ0n) is 14.4. The van der Waals surface area contributed by atoms with E-state index >= 15 is 0 Å². The maximum atomic E-state index is 12.5. The molecule has 2 N–H and O–H groups in total. The fourth-order valence-corrected chi connectivity index (χ4v) is 3.27. The van der Waals surface area contributed by atoms with E-state index in [2.05, 4.69) is 10.6 Å². The maximum Gasteiger partial charge on any atom is 0.322 e. The molecule has 25 heavy (non-hydrogen) atoms. The second-order valence-electron chi connectivity index (χ2n) is 6.01. The molecule has 1 fully saturated rings. The van der Waals surface area contributed by atoms with Crippen LogP contribution in [0.25, 0.3) is 0 Å². The van der Waals surface area contributed by atoms with Crippen molar-refractivity contribution in [3.63, 3.8) is 0 Å². The predicted molar refractivity (Wildman–Crippen MR) is 92.8 cm³/mol. The molecule has 1 aromatic rings. The Balaban J connectivity index is 1.74. The van der Waals surface area contributed by atoms with E-state index < -0.39 is 6.04 Å². The number of urea groups is 1. The molecular formula is C17H22N4O4. The summed E-state index contributed by atoms with van der Waals surface area (Å²) in [4.78, 5) is 39.4. The number of rotatable bonds is 3. The van der Waals surface area contributed by atoms with Crippen LogP contribution in [0.2, 0.25) is 0 Å². The third-order valence-electron chi connectivity index (χ3n) is 4.53. The largest absolute Gasteiger partial charge is 0.481 e. The van der Waals surface area contributed by atoms with E-state index in [1.54, 1.807) is 35.0 Å². The average Bonchev–Trinajstić information content (AvgIpc) is 3.11. The number of ether oxygens (including phenoxy) is 1. The molecule has 2 aliphatic heterocycles. The van der Waals surface area contributed by atoms with Gasteiger partial charge in [0, 0.05) is 31.9 Å². The van der Waals surface area contributed by atoms with Crippen molar-refractivity contribution in [3.8, 4) is 5.75 Å². The Bertz CT molecular complexity index is 706. The van der Waals surface area contributed by atoms with E-state index in [-0.39, 0.29) is 24.5 Å². The van der Waals surface area contributed by atoms with Gasteiger partial charge in [-0.05, 0) is 31.9 Å². The zero-order valence-corrected chi connectivity index (χ0v) is 14.4. The highest BCUT2D eigenvalue weighted by molar-refractivity contribution is 5.99. The molecule has 1 saturated heterocycles. The first-order chi connectivity index (χ1) is 12.0. The van der Waals surface area contributed by atoms with Gasteiger partial charge in [0.15, 0.2) is 6.61 Å². The quantitative estimate of drug-likeness (QED) is 0.860. The number of likely N-dealkylation sites (N-methyl/N-ethyl adjacent to an activating group) is 2. The second kappa shape index (κ2) is 7.00. The van der Waals surface area contributed by atoms with Crippen molar-refractivity contribution < 1.29 is 19.1 Å². The van der Waals surface area contributed by atoms with E-state index in [1.165, 1.54) is 0 Å². The van der Waals surface area contributed by atoms with Crippen LogP contribution in [0.3, 0.4) is 0 Å². The summed E-state index contributed by atoms with van der Waals surface area (Å²) in [7, 11) is 1.57. The van der Waals surface area contributed by atoms with Crippen LogP contribution in [-0.4, -0.2) is 55.5 Å². The van der Waals surface area contributed by atoms with E-state index in [4.69, 9.17) is 4.74 Å². The Morgan fingerprint density at radius 3 is 2.88 bits per heavy atom. The van der Waals surface area contributed by atoms with Crippen molar-refractivity contribution >= 4 is 29.2 Å². The third kappa shape index (κ3) is 3.24. The van der Waals surface area contributed by atoms with E-state index in [0.29, 0.717) is 36.6 Å². The fraction of sp³-hybridized carbons (Fsp3) is 0.471. The molecule has 1 unspecified atom stereocenters. The summed E-state index contributed by atoms with van der Waals surface area (Å²) in [5, 5.41) is 5.40. The van der Waals surface area contributed by atoms with Crippen molar-refractivity contribution in [3.05, 3.63) is 18.2 Å². The van der Waals surface area contributed by atoms with Crippen LogP contribution in [0.4, 0.5) is 16.2 Å². The highest BCUT2D eigenvalue weighted by Gasteiger charge is 2.33. The van der Waals surface area contributed by atoms with Gasteiger partial charge in [-0.1, -0.05) is 0 Å². The highest BCUT2D eigenvalue weighted by Crippen LogP contribution is 2.34. The van der Waals surface area contributed by atoms with Gasteiger partial charge in [0.1, 0.15) is 11.8 Å². The number of carbonyl (C=O) groups excluding carboxylic acids is 3. The minimum Gasteiger partial charge on any atom is -0.481 e. The van der Waals surface area contributed by atoms with Gasteiger partial charge in [-0.2, -0.15) is 0 Å². The number of hydrogen-bond acceptors (Lipinski definition) is 4. The number of nitrogens with one attached hydrogen (secondary N) is 2. The van der Waals surface area contributed by atoms with Crippen LogP contribution in [0.1, 0.15) is 19.8 Å². The van der Waals surface area contributed by atoms with Gasteiger partial charge < -0.3 is 25.2 Å². The van der Waals surface area contributed by atoms with E-state index in [0.717, 1.165) is 6.42 Å². The number of amides is 4. The Morgan fingerprint density at radius 2 is 2.16 bits per heavy atom. The Kier molecular flexibility index (Phi) is 4.78. The van der Waals surface area contributed by atoms with Crippen molar-refractivity contribution in [2.24, 2.45) is 0 Å². The summed E-state index contributed by atoms with van der Waals surface area (Å²) in [6.07, 6.45) is 1.46. The van der Waals surface area contributed by atoms with Gasteiger partial charge in [0.2, 0.25) is 5.91 Å². The van der Waals surface area contributed by atoms with Gasteiger partial charge in [0.05, 0.1) is 5.69 Å². The van der Waals surface area contributed by atoms with Crippen molar-refractivity contribution in [2.45, 2.75) is 25.8 Å². The van der Waals surface area contributed by atoms with Crippen molar-refractivity contribution in [1.29, 1.82) is 0 Å².